The average molecular weight is 670 g/mol. The number of rotatable bonds is 14. The Balaban J connectivity index is 1.36. The Kier molecular flexibility index (Phi) is 13.0. The molecule has 2 aromatic carbocycles. The quantitative estimate of drug-likeness (QED) is 0.171. The molecule has 0 aliphatic rings. The van der Waals surface area contributed by atoms with Crippen LogP contribution in [-0.2, 0) is 16.1 Å². The maximum absolute atomic E-state index is 12.7. The molecule has 1 unspecified atom stereocenters. The minimum atomic E-state index is -0.501. The predicted octanol–water partition coefficient (Wildman–Crippen LogP) is 6.36. The van der Waals surface area contributed by atoms with Gasteiger partial charge in [-0.3, -0.25) is 14.6 Å². The molecule has 0 spiro atoms. The molecule has 0 bridgehead atoms. The largest absolute Gasteiger partial charge is 0.496 e. The number of anilines is 1. The minimum absolute atomic E-state index is 0.0912. The molecule has 44 heavy (non-hydrogen) atoms. The van der Waals surface area contributed by atoms with Crippen LogP contribution in [0.2, 0.25) is 0 Å². The zero-order chi connectivity index (χ0) is 32.2. The van der Waals surface area contributed by atoms with Crippen molar-refractivity contribution in [2.24, 2.45) is 0 Å². The van der Waals surface area contributed by atoms with E-state index in [2.05, 4.69) is 36.9 Å². The van der Waals surface area contributed by atoms with Crippen LogP contribution in [0.25, 0.3) is 0 Å². The lowest BCUT2D eigenvalue weighted by atomic mass is 9.97. The second kappa shape index (κ2) is 16.7. The fourth-order valence-corrected chi connectivity index (χ4v) is 5.33. The highest BCUT2D eigenvalue weighted by atomic mass is 79.9. The van der Waals surface area contributed by atoms with E-state index in [1.165, 1.54) is 0 Å². The van der Waals surface area contributed by atoms with Crippen molar-refractivity contribution in [1.29, 1.82) is 0 Å². The summed E-state index contributed by atoms with van der Waals surface area (Å²) in [4.78, 5) is 41.5. The molecule has 3 rings (SSSR count). The smallest absolute Gasteiger partial charge is 0.407 e. The summed E-state index contributed by atoms with van der Waals surface area (Å²) < 4.78 is 17.2. The second-order valence-electron chi connectivity index (χ2n) is 10.4. The lowest BCUT2D eigenvalue weighted by Gasteiger charge is -2.20. The Morgan fingerprint density at radius 2 is 1.64 bits per heavy atom. The van der Waals surface area contributed by atoms with Crippen molar-refractivity contribution in [3.8, 4) is 11.5 Å². The van der Waals surface area contributed by atoms with E-state index in [0.717, 1.165) is 52.2 Å². The van der Waals surface area contributed by atoms with Gasteiger partial charge in [-0.15, -0.1) is 0 Å². The van der Waals surface area contributed by atoms with Gasteiger partial charge in [0.1, 0.15) is 17.2 Å². The van der Waals surface area contributed by atoms with Gasteiger partial charge in [-0.2, -0.15) is 0 Å². The van der Waals surface area contributed by atoms with Gasteiger partial charge in [0.15, 0.2) is 0 Å². The Morgan fingerprint density at radius 3 is 2.30 bits per heavy atom. The number of hydrogen-bond donors (Lipinski definition) is 3. The lowest BCUT2D eigenvalue weighted by Crippen LogP contribution is -2.29. The third-order valence-electron chi connectivity index (χ3n) is 7.51. The van der Waals surface area contributed by atoms with E-state index < -0.39 is 6.09 Å². The normalized spacial score (nSPS) is 11.3. The van der Waals surface area contributed by atoms with E-state index in [0.29, 0.717) is 28.8 Å². The fraction of sp³-hybridized carbons (Fsp3) is 0.394. The second-order valence-corrected chi connectivity index (χ2v) is 11.2. The van der Waals surface area contributed by atoms with Gasteiger partial charge in [-0.25, -0.2) is 4.79 Å². The number of nitrogens with zero attached hydrogens (tertiary/aromatic N) is 1. The molecule has 0 aliphatic heterocycles. The lowest BCUT2D eigenvalue weighted by molar-refractivity contribution is -0.122. The van der Waals surface area contributed by atoms with Crippen LogP contribution in [-0.4, -0.2) is 50.3 Å². The molecule has 3 N–H and O–H groups in total. The van der Waals surface area contributed by atoms with Crippen LogP contribution < -0.4 is 25.4 Å². The summed E-state index contributed by atoms with van der Waals surface area (Å²) in [6.07, 6.45) is 3.28. The molecule has 1 aromatic heterocycles. The monoisotopic (exact) mass is 668 g/mol. The van der Waals surface area contributed by atoms with Crippen LogP contribution >= 0.6 is 15.9 Å². The van der Waals surface area contributed by atoms with Crippen molar-refractivity contribution in [2.45, 2.75) is 59.4 Å². The fourth-order valence-electron chi connectivity index (χ4n) is 4.83. The molecule has 10 nitrogen and oxygen atoms in total. The molecule has 3 amide bonds. The van der Waals surface area contributed by atoms with E-state index in [4.69, 9.17) is 14.2 Å². The van der Waals surface area contributed by atoms with Gasteiger partial charge in [-0.05, 0) is 109 Å². The van der Waals surface area contributed by atoms with Crippen molar-refractivity contribution in [3.63, 3.8) is 0 Å². The third-order valence-corrected chi connectivity index (χ3v) is 8.17. The van der Waals surface area contributed by atoms with E-state index in [-0.39, 0.29) is 30.9 Å². The number of nitrogens with one attached hydrogen (secondary N) is 3. The Bertz CT molecular complexity index is 1460. The number of aromatic nitrogens is 1. The number of benzene rings is 2. The van der Waals surface area contributed by atoms with Crippen LogP contribution in [0.1, 0.15) is 70.4 Å². The van der Waals surface area contributed by atoms with Crippen molar-refractivity contribution in [3.05, 3.63) is 80.6 Å². The third kappa shape index (κ3) is 8.95. The molecular weight excluding hydrogens is 628 g/mol. The molecule has 0 radical (unpaired) electrons. The number of pyridine rings is 1. The minimum Gasteiger partial charge on any atom is -0.496 e. The first-order chi connectivity index (χ1) is 21.1. The van der Waals surface area contributed by atoms with Crippen molar-refractivity contribution in [2.75, 3.05) is 32.7 Å². The van der Waals surface area contributed by atoms with E-state index in [1.807, 2.05) is 39.8 Å². The number of unbranched alkanes of at least 4 members (excludes halogenated alkanes) is 2. The summed E-state index contributed by atoms with van der Waals surface area (Å²) >= 11 is 3.49. The van der Waals surface area contributed by atoms with Gasteiger partial charge in [0.2, 0.25) is 5.91 Å². The highest BCUT2D eigenvalue weighted by molar-refractivity contribution is 9.10. The maximum atomic E-state index is 12.7. The highest BCUT2D eigenvalue weighted by Crippen LogP contribution is 2.37. The summed E-state index contributed by atoms with van der Waals surface area (Å²) in [6, 6.07) is 10.5. The maximum Gasteiger partial charge on any atom is 0.407 e. The highest BCUT2D eigenvalue weighted by Gasteiger charge is 2.20. The zero-order valence-electron chi connectivity index (χ0n) is 26.1. The van der Waals surface area contributed by atoms with Gasteiger partial charge in [0.25, 0.3) is 5.91 Å². The molecule has 11 heteroatoms. The number of halogens is 1. The molecular formula is C33H41BrN4O6. The molecule has 1 atom stereocenters. The van der Waals surface area contributed by atoms with E-state index in [9.17, 15) is 14.4 Å². The molecule has 1 heterocycles. The number of carbonyl (C=O) groups excluding carboxylic acids is 3. The topological polar surface area (TPSA) is 128 Å². The van der Waals surface area contributed by atoms with Gasteiger partial charge < -0.3 is 30.2 Å². The Morgan fingerprint density at radius 1 is 0.909 bits per heavy atom. The first-order valence-corrected chi connectivity index (χ1v) is 15.3. The van der Waals surface area contributed by atoms with Crippen LogP contribution in [0.3, 0.4) is 0 Å². The molecule has 0 saturated carbocycles. The standard InChI is InChI=1S/C33H41BrN4O6/c1-20-21(2)30(43-6)25(23(4)29(20)42-5)19-37-33(41)44-17-11-7-9-16-36-31(39)22(3)24-13-14-27(26(34)18-24)38-32(40)28-12-8-10-15-35-28/h8,10,12-15,18,22H,7,9,11,16-17,19H2,1-6H3,(H,36,39)(H,37,41)(H,38,40). The van der Waals surface area contributed by atoms with Crippen LogP contribution in [0.4, 0.5) is 10.5 Å². The molecule has 0 fully saturated rings. The molecule has 0 saturated heterocycles. The van der Waals surface area contributed by atoms with E-state index in [1.54, 1.807) is 44.7 Å². The number of alkyl carbamates (subject to hydrolysis) is 1. The van der Waals surface area contributed by atoms with Crippen molar-refractivity contribution < 1.29 is 28.6 Å². The summed E-state index contributed by atoms with van der Waals surface area (Å²) in [5.74, 6) is 0.727. The average Bonchev–Trinajstić information content (AvgIpc) is 3.02. The van der Waals surface area contributed by atoms with Gasteiger partial charge in [-0.1, -0.05) is 12.1 Å². The number of carbonyl (C=O) groups is 3. The van der Waals surface area contributed by atoms with Crippen molar-refractivity contribution in [1.82, 2.24) is 15.6 Å². The summed E-state index contributed by atoms with van der Waals surface area (Å²) in [7, 11) is 3.24. The van der Waals surface area contributed by atoms with Crippen LogP contribution in [0, 0.1) is 20.8 Å². The van der Waals surface area contributed by atoms with Gasteiger partial charge >= 0.3 is 6.09 Å². The first-order valence-electron chi connectivity index (χ1n) is 14.5. The van der Waals surface area contributed by atoms with E-state index >= 15 is 0 Å². The van der Waals surface area contributed by atoms with Crippen LogP contribution in [0.15, 0.2) is 47.1 Å². The summed E-state index contributed by atoms with van der Waals surface area (Å²) in [5.41, 5.74) is 5.46. The SMILES string of the molecule is COc1c(C)c(C)c(OC)c(CNC(=O)OCCCCCNC(=O)C(C)c2ccc(NC(=O)c3ccccn3)c(Br)c2)c1C. The molecule has 3 aromatic rings. The van der Waals surface area contributed by atoms with Crippen LogP contribution in [0.5, 0.6) is 11.5 Å². The Labute approximate surface area is 267 Å². The summed E-state index contributed by atoms with van der Waals surface area (Å²) in [5, 5.41) is 8.59. The number of methoxy groups -OCH3 is 2. The zero-order valence-corrected chi connectivity index (χ0v) is 27.7. The summed E-state index contributed by atoms with van der Waals surface area (Å²) in [6.45, 7) is 8.77. The number of ether oxygens (including phenoxy) is 3. The van der Waals surface area contributed by atoms with Crippen molar-refractivity contribution >= 4 is 39.5 Å². The number of hydrogen-bond acceptors (Lipinski definition) is 7. The van der Waals surface area contributed by atoms with Gasteiger partial charge in [0, 0.05) is 22.8 Å². The number of amides is 3. The Hall–Kier alpha value is -4.12. The first kappa shape index (κ1) is 34.4. The molecule has 236 valence electrons. The van der Waals surface area contributed by atoms with Gasteiger partial charge in [0.05, 0.1) is 39.0 Å². The predicted molar refractivity (Wildman–Crippen MR) is 174 cm³/mol. The molecule has 0 aliphatic carbocycles.